The average Bonchev–Trinajstić information content (AvgIpc) is 1.87. The maximum atomic E-state index is 6.07. The van der Waals surface area contributed by atoms with Crippen LogP contribution in [0.25, 0.3) is 0 Å². The smallest absolute Gasteiger partial charge is 0.0125 e. The Morgan fingerprint density at radius 2 is 1.64 bits per heavy atom. The summed E-state index contributed by atoms with van der Waals surface area (Å²) in [6.07, 6.45) is 7.48. The van der Waals surface area contributed by atoms with Gasteiger partial charge in [0.15, 0.2) is 0 Å². The molecule has 68 valence electrons. The summed E-state index contributed by atoms with van der Waals surface area (Å²) < 4.78 is 0. The van der Waals surface area contributed by atoms with Gasteiger partial charge in [0, 0.05) is 5.54 Å². The molecule has 0 aliphatic carbocycles. The van der Waals surface area contributed by atoms with E-state index in [2.05, 4.69) is 20.8 Å². The molecule has 0 aromatic rings. The molecule has 0 fully saturated rings. The minimum atomic E-state index is 0.101. The fourth-order valence-electron chi connectivity index (χ4n) is 1.47. The topological polar surface area (TPSA) is 26.0 Å². The Bertz CT molecular complexity index is 86.9. The summed E-state index contributed by atoms with van der Waals surface area (Å²) in [7, 11) is 0. The molecule has 11 heavy (non-hydrogen) atoms. The third-order valence-corrected chi connectivity index (χ3v) is 2.17. The molecule has 0 saturated heterocycles. The number of rotatable bonds is 6. The van der Waals surface area contributed by atoms with Crippen LogP contribution in [0.2, 0.25) is 0 Å². The van der Waals surface area contributed by atoms with Gasteiger partial charge in [-0.25, -0.2) is 0 Å². The van der Waals surface area contributed by atoms with Gasteiger partial charge >= 0.3 is 0 Å². The molecule has 1 unspecified atom stereocenters. The number of hydrogen-bond donors (Lipinski definition) is 1. The number of unbranched alkanes of at least 4 members (excludes halogenated alkanes) is 2. The normalized spacial score (nSPS) is 16.4. The van der Waals surface area contributed by atoms with E-state index in [0.717, 1.165) is 6.42 Å². The Kier molecular flexibility index (Phi) is 5.57. The van der Waals surface area contributed by atoms with Gasteiger partial charge in [0.05, 0.1) is 0 Å². The molecule has 1 nitrogen and oxygen atoms in total. The highest BCUT2D eigenvalue weighted by molar-refractivity contribution is 4.77. The average molecular weight is 157 g/mol. The van der Waals surface area contributed by atoms with E-state index in [1.807, 2.05) is 0 Å². The van der Waals surface area contributed by atoms with Gasteiger partial charge in [-0.3, -0.25) is 0 Å². The summed E-state index contributed by atoms with van der Waals surface area (Å²) in [6, 6.07) is 0. The molecule has 0 radical (unpaired) electrons. The van der Waals surface area contributed by atoms with Crippen molar-refractivity contribution in [2.45, 2.75) is 64.8 Å². The van der Waals surface area contributed by atoms with Crippen molar-refractivity contribution in [3.63, 3.8) is 0 Å². The molecule has 0 aromatic heterocycles. The highest BCUT2D eigenvalue weighted by Crippen LogP contribution is 2.16. The maximum absolute atomic E-state index is 6.07. The molecular weight excluding hydrogens is 134 g/mol. The summed E-state index contributed by atoms with van der Waals surface area (Å²) in [5.74, 6) is 0. The molecule has 0 aliphatic rings. The summed E-state index contributed by atoms with van der Waals surface area (Å²) in [5.41, 5.74) is 6.17. The van der Waals surface area contributed by atoms with Gasteiger partial charge in [-0.2, -0.15) is 0 Å². The van der Waals surface area contributed by atoms with Crippen molar-refractivity contribution < 1.29 is 0 Å². The Hall–Kier alpha value is -0.0400. The molecule has 0 saturated carbocycles. The van der Waals surface area contributed by atoms with E-state index in [4.69, 9.17) is 5.73 Å². The van der Waals surface area contributed by atoms with Crippen LogP contribution in [0.5, 0.6) is 0 Å². The van der Waals surface area contributed by atoms with Gasteiger partial charge in [-0.15, -0.1) is 0 Å². The van der Waals surface area contributed by atoms with Gasteiger partial charge in [0.1, 0.15) is 0 Å². The zero-order chi connectivity index (χ0) is 8.74. The quantitative estimate of drug-likeness (QED) is 0.589. The minimum Gasteiger partial charge on any atom is -0.325 e. The second-order valence-corrected chi connectivity index (χ2v) is 3.86. The molecule has 2 N–H and O–H groups in total. The lowest BCUT2D eigenvalue weighted by Crippen LogP contribution is -2.35. The van der Waals surface area contributed by atoms with Crippen LogP contribution in [-0.2, 0) is 0 Å². The zero-order valence-electron chi connectivity index (χ0n) is 8.32. The SMILES string of the molecule is CCCCCC(C)(N)CCC. The Morgan fingerprint density at radius 1 is 1.00 bits per heavy atom. The van der Waals surface area contributed by atoms with Crippen LogP contribution < -0.4 is 5.73 Å². The standard InChI is InChI=1S/C10H23N/c1-4-6-7-9-10(3,11)8-5-2/h4-9,11H2,1-3H3. The second-order valence-electron chi connectivity index (χ2n) is 3.86. The zero-order valence-corrected chi connectivity index (χ0v) is 8.32. The van der Waals surface area contributed by atoms with E-state index >= 15 is 0 Å². The molecule has 1 heteroatoms. The summed E-state index contributed by atoms with van der Waals surface area (Å²) in [6.45, 7) is 6.60. The number of hydrogen-bond acceptors (Lipinski definition) is 1. The van der Waals surface area contributed by atoms with Crippen molar-refractivity contribution in [2.75, 3.05) is 0 Å². The monoisotopic (exact) mass is 157 g/mol. The van der Waals surface area contributed by atoms with Crippen LogP contribution in [0, 0.1) is 0 Å². The van der Waals surface area contributed by atoms with Crippen molar-refractivity contribution >= 4 is 0 Å². The van der Waals surface area contributed by atoms with Gasteiger partial charge in [-0.1, -0.05) is 39.5 Å². The molecule has 0 aliphatic heterocycles. The highest BCUT2D eigenvalue weighted by Gasteiger charge is 2.15. The van der Waals surface area contributed by atoms with E-state index in [9.17, 15) is 0 Å². The third kappa shape index (κ3) is 6.36. The molecule has 0 spiro atoms. The van der Waals surface area contributed by atoms with Crippen LogP contribution in [0.1, 0.15) is 59.3 Å². The summed E-state index contributed by atoms with van der Waals surface area (Å²) in [4.78, 5) is 0. The largest absolute Gasteiger partial charge is 0.325 e. The van der Waals surface area contributed by atoms with E-state index in [0.29, 0.717) is 0 Å². The first-order valence-corrected chi connectivity index (χ1v) is 4.91. The highest BCUT2D eigenvalue weighted by atomic mass is 14.7. The fraction of sp³-hybridized carbons (Fsp3) is 1.00. The van der Waals surface area contributed by atoms with E-state index in [-0.39, 0.29) is 5.54 Å². The molecule has 0 amide bonds. The predicted octanol–water partition coefficient (Wildman–Crippen LogP) is 3.08. The maximum Gasteiger partial charge on any atom is 0.0125 e. The number of nitrogens with two attached hydrogens (primary N) is 1. The molecule has 0 rings (SSSR count). The van der Waals surface area contributed by atoms with Crippen LogP contribution in [-0.4, -0.2) is 5.54 Å². The second kappa shape index (κ2) is 5.59. The van der Waals surface area contributed by atoms with Crippen molar-refractivity contribution in [3.05, 3.63) is 0 Å². The molecule has 1 atom stereocenters. The van der Waals surface area contributed by atoms with E-state index in [1.54, 1.807) is 0 Å². The van der Waals surface area contributed by atoms with Gasteiger partial charge < -0.3 is 5.73 Å². The first-order valence-electron chi connectivity index (χ1n) is 4.91. The lowest BCUT2D eigenvalue weighted by molar-refractivity contribution is 0.380. The van der Waals surface area contributed by atoms with Crippen molar-refractivity contribution in [1.82, 2.24) is 0 Å². The third-order valence-electron chi connectivity index (χ3n) is 2.17. The lowest BCUT2D eigenvalue weighted by atomic mass is 9.91. The predicted molar refractivity (Wildman–Crippen MR) is 51.6 cm³/mol. The lowest BCUT2D eigenvalue weighted by Gasteiger charge is -2.23. The van der Waals surface area contributed by atoms with Crippen molar-refractivity contribution in [1.29, 1.82) is 0 Å². The Morgan fingerprint density at radius 3 is 2.09 bits per heavy atom. The van der Waals surface area contributed by atoms with Gasteiger partial charge in [0.2, 0.25) is 0 Å². The van der Waals surface area contributed by atoms with Crippen LogP contribution in [0.3, 0.4) is 0 Å². The van der Waals surface area contributed by atoms with E-state index < -0.39 is 0 Å². The fourth-order valence-corrected chi connectivity index (χ4v) is 1.47. The van der Waals surface area contributed by atoms with Crippen LogP contribution in [0.4, 0.5) is 0 Å². The first kappa shape index (κ1) is 11.0. The molecule has 0 aromatic carbocycles. The van der Waals surface area contributed by atoms with Crippen molar-refractivity contribution in [3.8, 4) is 0 Å². The molecule has 0 bridgehead atoms. The minimum absolute atomic E-state index is 0.101. The molecular formula is C10H23N. The Labute approximate surface area is 71.4 Å². The summed E-state index contributed by atoms with van der Waals surface area (Å²) in [5, 5.41) is 0. The summed E-state index contributed by atoms with van der Waals surface area (Å²) >= 11 is 0. The van der Waals surface area contributed by atoms with E-state index in [1.165, 1.54) is 32.1 Å². The Balaban J connectivity index is 3.38. The molecule has 0 heterocycles. The van der Waals surface area contributed by atoms with Gasteiger partial charge in [-0.05, 0) is 19.8 Å². The van der Waals surface area contributed by atoms with Crippen molar-refractivity contribution in [2.24, 2.45) is 5.73 Å². The van der Waals surface area contributed by atoms with Crippen LogP contribution in [0.15, 0.2) is 0 Å². The van der Waals surface area contributed by atoms with Gasteiger partial charge in [0.25, 0.3) is 0 Å². The van der Waals surface area contributed by atoms with Crippen LogP contribution >= 0.6 is 0 Å². The first-order chi connectivity index (χ1) is 5.12.